The first-order chi connectivity index (χ1) is 16.2. The molecular formula is C22H21FN6O4S. The molecule has 5 N–H and O–H groups in total. The van der Waals surface area contributed by atoms with Gasteiger partial charge in [-0.3, -0.25) is 19.4 Å². The molecule has 2 aromatic carbocycles. The van der Waals surface area contributed by atoms with Gasteiger partial charge in [0.2, 0.25) is 5.91 Å². The lowest BCUT2D eigenvalue weighted by atomic mass is 10.1. The molecule has 34 heavy (non-hydrogen) atoms. The second kappa shape index (κ2) is 8.98. The van der Waals surface area contributed by atoms with Gasteiger partial charge in [-0.25, -0.2) is 12.8 Å². The number of carbonyl (C=O) groups excluding carboxylic acids is 1. The summed E-state index contributed by atoms with van der Waals surface area (Å²) in [5.74, 6) is -1.06. The summed E-state index contributed by atoms with van der Waals surface area (Å²) in [6.07, 6.45) is 0. The normalized spacial score (nSPS) is 11.5. The number of halogens is 1. The molecule has 0 saturated carbocycles. The van der Waals surface area contributed by atoms with Crippen molar-refractivity contribution in [2.45, 2.75) is 24.9 Å². The van der Waals surface area contributed by atoms with E-state index in [0.29, 0.717) is 11.5 Å². The van der Waals surface area contributed by atoms with Gasteiger partial charge in [0.15, 0.2) is 5.82 Å². The zero-order valence-electron chi connectivity index (χ0n) is 18.0. The number of benzene rings is 2. The van der Waals surface area contributed by atoms with Crippen LogP contribution in [0.4, 0.5) is 15.9 Å². The van der Waals surface area contributed by atoms with Crippen molar-refractivity contribution in [1.29, 1.82) is 0 Å². The molecule has 176 valence electrons. The second-order valence-electron chi connectivity index (χ2n) is 7.58. The molecule has 4 aromatic rings. The van der Waals surface area contributed by atoms with Gasteiger partial charge in [0.1, 0.15) is 22.9 Å². The van der Waals surface area contributed by atoms with E-state index in [0.717, 1.165) is 33.2 Å². The summed E-state index contributed by atoms with van der Waals surface area (Å²) in [6.45, 7) is 1.46. The Bertz CT molecular complexity index is 1560. The molecule has 0 aliphatic carbocycles. The molecule has 1 amide bonds. The Kier molecular flexibility index (Phi) is 6.07. The Labute approximate surface area is 193 Å². The maximum atomic E-state index is 14.0. The monoisotopic (exact) mass is 484 g/mol. The lowest BCUT2D eigenvalue weighted by Crippen LogP contribution is -2.34. The van der Waals surface area contributed by atoms with E-state index in [2.05, 4.69) is 20.2 Å². The van der Waals surface area contributed by atoms with Gasteiger partial charge in [-0.2, -0.15) is 5.10 Å². The Morgan fingerprint density at radius 1 is 1.18 bits per heavy atom. The van der Waals surface area contributed by atoms with Gasteiger partial charge in [-0.1, -0.05) is 18.2 Å². The molecular weight excluding hydrogens is 463 g/mol. The fraction of sp³-hybridized carbons (Fsp3) is 0.136. The highest BCUT2D eigenvalue weighted by Gasteiger charge is 2.21. The predicted molar refractivity (Wildman–Crippen MR) is 125 cm³/mol. The van der Waals surface area contributed by atoms with Gasteiger partial charge in [0.25, 0.3) is 15.6 Å². The zero-order valence-corrected chi connectivity index (χ0v) is 18.8. The van der Waals surface area contributed by atoms with Gasteiger partial charge < -0.3 is 15.6 Å². The van der Waals surface area contributed by atoms with Crippen molar-refractivity contribution in [2.75, 3.05) is 10.5 Å². The number of rotatable bonds is 7. The Morgan fingerprint density at radius 2 is 1.94 bits per heavy atom. The van der Waals surface area contributed by atoms with Gasteiger partial charge >= 0.3 is 0 Å². The summed E-state index contributed by atoms with van der Waals surface area (Å²) in [5.41, 5.74) is 6.76. The molecule has 0 aliphatic rings. The molecule has 0 spiro atoms. The van der Waals surface area contributed by atoms with Crippen LogP contribution < -0.4 is 21.3 Å². The zero-order chi connectivity index (χ0) is 24.5. The van der Waals surface area contributed by atoms with Gasteiger partial charge in [-0.05, 0) is 48.9 Å². The molecule has 0 bridgehead atoms. The first-order valence-electron chi connectivity index (χ1n) is 10.1. The van der Waals surface area contributed by atoms with E-state index in [-0.39, 0.29) is 18.8 Å². The SMILES string of the molecule is Cc1ccc(NS(=O)(=O)c2ccccc2F)c(=O)n1CC(=O)NCc1ccc2[nH]nc(N)c2c1. The second-order valence-corrected chi connectivity index (χ2v) is 9.23. The molecule has 0 saturated heterocycles. The van der Waals surface area contributed by atoms with Crippen LogP contribution in [0, 0.1) is 12.7 Å². The van der Waals surface area contributed by atoms with Crippen LogP contribution in [-0.4, -0.2) is 29.1 Å². The van der Waals surface area contributed by atoms with Crippen molar-refractivity contribution in [2.24, 2.45) is 0 Å². The number of nitrogens with two attached hydrogens (primary N) is 1. The van der Waals surface area contributed by atoms with Crippen LogP contribution in [0.1, 0.15) is 11.3 Å². The van der Waals surface area contributed by atoms with Crippen molar-refractivity contribution in [3.05, 3.63) is 82.0 Å². The average Bonchev–Trinajstić information content (AvgIpc) is 3.17. The standard InChI is InChI=1S/C22H21FN6O4S/c1-13-6-8-18(28-34(32,33)19-5-3-2-4-16(19)23)22(31)29(13)12-20(30)25-11-14-7-9-17-15(10-14)21(24)27-26-17/h2-10,28H,11-12H2,1H3,(H,25,30)(H3,24,26,27). The van der Waals surface area contributed by atoms with Gasteiger partial charge in [-0.15, -0.1) is 0 Å². The number of pyridine rings is 1. The van der Waals surface area contributed by atoms with Crippen molar-refractivity contribution in [3.63, 3.8) is 0 Å². The molecule has 12 heteroatoms. The van der Waals surface area contributed by atoms with Crippen LogP contribution >= 0.6 is 0 Å². The maximum Gasteiger partial charge on any atom is 0.275 e. The highest BCUT2D eigenvalue weighted by atomic mass is 32.2. The summed E-state index contributed by atoms with van der Waals surface area (Å²) in [5, 5.41) is 10.2. The minimum atomic E-state index is -4.34. The van der Waals surface area contributed by atoms with Crippen molar-refractivity contribution in [3.8, 4) is 0 Å². The molecule has 2 heterocycles. The summed E-state index contributed by atoms with van der Waals surface area (Å²) in [4.78, 5) is 24.8. The maximum absolute atomic E-state index is 14.0. The Hall–Kier alpha value is -4.19. The number of nitrogens with zero attached hydrogens (tertiary/aromatic N) is 2. The van der Waals surface area contributed by atoms with Crippen LogP contribution in [0.3, 0.4) is 0 Å². The average molecular weight is 485 g/mol. The third-order valence-corrected chi connectivity index (χ3v) is 6.61. The summed E-state index contributed by atoms with van der Waals surface area (Å²) < 4.78 is 42.3. The number of nitrogens with one attached hydrogen (secondary N) is 3. The lowest BCUT2D eigenvalue weighted by molar-refractivity contribution is -0.121. The number of aryl methyl sites for hydroxylation is 1. The molecule has 0 fully saturated rings. The summed E-state index contributed by atoms with van der Waals surface area (Å²) >= 11 is 0. The van der Waals surface area contributed by atoms with Gasteiger partial charge in [0.05, 0.1) is 5.52 Å². The molecule has 0 radical (unpaired) electrons. The van der Waals surface area contributed by atoms with Crippen LogP contribution in [0.25, 0.3) is 10.9 Å². The van der Waals surface area contributed by atoms with E-state index >= 15 is 0 Å². The Balaban J connectivity index is 1.50. The largest absolute Gasteiger partial charge is 0.382 e. The topological polar surface area (TPSA) is 152 Å². The summed E-state index contributed by atoms with van der Waals surface area (Å²) in [7, 11) is -4.34. The Morgan fingerprint density at radius 3 is 2.71 bits per heavy atom. The van der Waals surface area contributed by atoms with E-state index in [4.69, 9.17) is 5.73 Å². The van der Waals surface area contributed by atoms with Crippen molar-refractivity contribution < 1.29 is 17.6 Å². The summed E-state index contributed by atoms with van der Waals surface area (Å²) in [6, 6.07) is 13.0. The van der Waals surface area contributed by atoms with Crippen LogP contribution in [0.15, 0.2) is 64.3 Å². The number of sulfonamides is 1. The van der Waals surface area contributed by atoms with Crippen LogP contribution in [-0.2, 0) is 27.9 Å². The van der Waals surface area contributed by atoms with Gasteiger partial charge in [0, 0.05) is 17.6 Å². The predicted octanol–water partition coefficient (Wildman–Crippen LogP) is 1.87. The first-order valence-corrected chi connectivity index (χ1v) is 11.6. The third kappa shape index (κ3) is 4.62. The molecule has 10 nitrogen and oxygen atoms in total. The number of nitrogen functional groups attached to an aromatic ring is 1. The molecule has 0 unspecified atom stereocenters. The minimum absolute atomic E-state index is 0.187. The van der Waals surface area contributed by atoms with E-state index < -0.39 is 32.2 Å². The number of hydrogen-bond donors (Lipinski definition) is 4. The quantitative estimate of drug-likeness (QED) is 0.314. The number of aromatic amines is 1. The number of anilines is 2. The number of aromatic nitrogens is 3. The number of carbonyl (C=O) groups is 1. The molecule has 0 aliphatic heterocycles. The number of hydrogen-bond acceptors (Lipinski definition) is 6. The smallest absolute Gasteiger partial charge is 0.275 e. The van der Waals surface area contributed by atoms with Crippen LogP contribution in [0.5, 0.6) is 0 Å². The third-order valence-electron chi connectivity index (χ3n) is 5.21. The minimum Gasteiger partial charge on any atom is -0.382 e. The highest BCUT2D eigenvalue weighted by Crippen LogP contribution is 2.19. The van der Waals surface area contributed by atoms with Crippen molar-refractivity contribution >= 4 is 38.3 Å². The van der Waals surface area contributed by atoms with E-state index in [1.807, 2.05) is 0 Å². The number of H-pyrrole nitrogens is 1. The fourth-order valence-corrected chi connectivity index (χ4v) is 4.54. The van der Waals surface area contributed by atoms with E-state index in [9.17, 15) is 22.4 Å². The number of amides is 1. The molecule has 0 atom stereocenters. The molecule has 2 aromatic heterocycles. The fourth-order valence-electron chi connectivity index (χ4n) is 3.40. The van der Waals surface area contributed by atoms with Crippen LogP contribution in [0.2, 0.25) is 0 Å². The highest BCUT2D eigenvalue weighted by molar-refractivity contribution is 7.92. The first kappa shape index (κ1) is 23.0. The van der Waals surface area contributed by atoms with Crippen molar-refractivity contribution in [1.82, 2.24) is 20.1 Å². The van der Waals surface area contributed by atoms with E-state index in [1.165, 1.54) is 24.3 Å². The lowest BCUT2D eigenvalue weighted by Gasteiger charge is -2.14. The number of fused-ring (bicyclic) bond motifs is 1. The van der Waals surface area contributed by atoms with E-state index in [1.54, 1.807) is 25.1 Å². The molecule has 4 rings (SSSR count).